The van der Waals surface area contributed by atoms with Gasteiger partial charge < -0.3 is 15.4 Å². The van der Waals surface area contributed by atoms with Crippen LogP contribution < -0.4 is 15.4 Å². The summed E-state index contributed by atoms with van der Waals surface area (Å²) in [4.78, 5) is 37.9. The Morgan fingerprint density at radius 1 is 1.29 bits per heavy atom. The molecule has 1 heterocycles. The molecule has 1 spiro atoms. The van der Waals surface area contributed by atoms with Crippen LogP contribution in [0.4, 0.5) is 10.5 Å². The van der Waals surface area contributed by atoms with Gasteiger partial charge in [0, 0.05) is 0 Å². The molecule has 7 nitrogen and oxygen atoms in total. The van der Waals surface area contributed by atoms with Crippen molar-refractivity contribution in [1.29, 1.82) is 0 Å². The quantitative estimate of drug-likeness (QED) is 0.807. The van der Waals surface area contributed by atoms with Gasteiger partial charge in [0.1, 0.15) is 17.8 Å². The van der Waals surface area contributed by atoms with Crippen LogP contribution in [0.1, 0.15) is 32.6 Å². The number of ether oxygens (including phenoxy) is 1. The molecule has 1 saturated carbocycles. The number of hydrogen-bond acceptors (Lipinski definition) is 4. The molecule has 1 aliphatic carbocycles. The first-order chi connectivity index (χ1) is 11.6. The number of urea groups is 1. The fourth-order valence-corrected chi connectivity index (χ4v) is 3.32. The highest BCUT2D eigenvalue weighted by Gasteiger charge is 2.52. The molecule has 0 aromatic heterocycles. The molecule has 4 amide bonds. The van der Waals surface area contributed by atoms with Crippen LogP contribution in [0, 0.1) is 0 Å². The van der Waals surface area contributed by atoms with Crippen molar-refractivity contribution in [2.75, 3.05) is 18.5 Å². The van der Waals surface area contributed by atoms with Gasteiger partial charge in [0.05, 0.1) is 12.3 Å². The van der Waals surface area contributed by atoms with E-state index in [1.807, 2.05) is 13.0 Å². The van der Waals surface area contributed by atoms with Crippen molar-refractivity contribution in [1.82, 2.24) is 10.2 Å². The number of carbonyl (C=O) groups excluding carboxylic acids is 3. The molecule has 2 aliphatic rings. The van der Waals surface area contributed by atoms with Crippen molar-refractivity contribution in [2.24, 2.45) is 0 Å². The summed E-state index contributed by atoms with van der Waals surface area (Å²) >= 11 is 0. The topological polar surface area (TPSA) is 87.7 Å². The van der Waals surface area contributed by atoms with Crippen molar-refractivity contribution >= 4 is 23.5 Å². The van der Waals surface area contributed by atoms with Gasteiger partial charge in [0.2, 0.25) is 5.91 Å². The van der Waals surface area contributed by atoms with E-state index in [0.717, 1.165) is 17.7 Å². The Balaban J connectivity index is 1.67. The fraction of sp³-hybridized carbons (Fsp3) is 0.471. The minimum absolute atomic E-state index is 0.293. The summed E-state index contributed by atoms with van der Waals surface area (Å²) in [6.07, 6.45) is 3.10. The number of benzene rings is 1. The molecular formula is C17H21N3O4. The largest absolute Gasteiger partial charge is 0.492 e. The molecule has 7 heteroatoms. The lowest BCUT2D eigenvalue weighted by Crippen LogP contribution is -2.44. The molecule has 2 N–H and O–H groups in total. The van der Waals surface area contributed by atoms with Crippen LogP contribution in [0.2, 0.25) is 0 Å². The van der Waals surface area contributed by atoms with E-state index in [2.05, 4.69) is 10.6 Å². The smallest absolute Gasteiger partial charge is 0.325 e. The Labute approximate surface area is 140 Å². The highest BCUT2D eigenvalue weighted by Crippen LogP contribution is 2.35. The van der Waals surface area contributed by atoms with Gasteiger partial charge in [-0.1, -0.05) is 25.0 Å². The van der Waals surface area contributed by atoms with Crippen molar-refractivity contribution in [3.63, 3.8) is 0 Å². The second-order valence-corrected chi connectivity index (χ2v) is 6.09. The van der Waals surface area contributed by atoms with Crippen LogP contribution >= 0.6 is 0 Å². The third kappa shape index (κ3) is 2.93. The number of anilines is 1. The summed E-state index contributed by atoms with van der Waals surface area (Å²) < 4.78 is 5.45. The summed E-state index contributed by atoms with van der Waals surface area (Å²) in [5.74, 6) is -0.170. The second-order valence-electron chi connectivity index (χ2n) is 6.09. The molecule has 1 aromatic carbocycles. The molecule has 1 saturated heterocycles. The average molecular weight is 331 g/mol. The van der Waals surface area contributed by atoms with Gasteiger partial charge in [0.25, 0.3) is 5.91 Å². The van der Waals surface area contributed by atoms with E-state index in [-0.39, 0.29) is 12.5 Å². The molecule has 3 rings (SSSR count). The number of nitrogens with zero attached hydrogens (tertiary/aromatic N) is 1. The van der Waals surface area contributed by atoms with Crippen molar-refractivity contribution in [2.45, 2.75) is 38.1 Å². The highest BCUT2D eigenvalue weighted by atomic mass is 16.5. The number of hydrogen-bond donors (Lipinski definition) is 2. The number of imide groups is 1. The van der Waals surface area contributed by atoms with E-state index < -0.39 is 17.5 Å². The average Bonchev–Trinajstić information content (AvgIpc) is 3.11. The minimum atomic E-state index is -0.791. The Hall–Kier alpha value is -2.57. The summed E-state index contributed by atoms with van der Waals surface area (Å²) in [6.45, 7) is 2.03. The minimum Gasteiger partial charge on any atom is -0.492 e. The highest BCUT2D eigenvalue weighted by molar-refractivity contribution is 6.10. The SMILES string of the molecule is CCOc1ccccc1NC(=O)CN1C(=O)NC2(CCCC2)C1=O. The van der Waals surface area contributed by atoms with Crippen LogP contribution in [-0.2, 0) is 9.59 Å². The maximum absolute atomic E-state index is 12.5. The van der Waals surface area contributed by atoms with E-state index in [4.69, 9.17) is 4.74 Å². The Morgan fingerprint density at radius 3 is 2.71 bits per heavy atom. The maximum Gasteiger partial charge on any atom is 0.325 e. The molecule has 0 unspecified atom stereocenters. The Kier molecular flexibility index (Phi) is 4.42. The van der Waals surface area contributed by atoms with Crippen LogP contribution in [0.25, 0.3) is 0 Å². The van der Waals surface area contributed by atoms with Gasteiger partial charge in [0.15, 0.2) is 0 Å². The van der Waals surface area contributed by atoms with Crippen molar-refractivity contribution < 1.29 is 19.1 Å². The third-order valence-corrected chi connectivity index (χ3v) is 4.47. The van der Waals surface area contributed by atoms with E-state index >= 15 is 0 Å². The summed E-state index contributed by atoms with van der Waals surface area (Å²) in [5.41, 5.74) is -0.271. The number of rotatable bonds is 5. The van der Waals surface area contributed by atoms with Gasteiger partial charge in [-0.05, 0) is 31.9 Å². The van der Waals surface area contributed by atoms with Crippen molar-refractivity contribution in [3.8, 4) is 5.75 Å². The number of para-hydroxylation sites is 2. The first-order valence-electron chi connectivity index (χ1n) is 8.21. The lowest BCUT2D eigenvalue weighted by Gasteiger charge is -2.20. The van der Waals surface area contributed by atoms with Gasteiger partial charge >= 0.3 is 6.03 Å². The van der Waals surface area contributed by atoms with Gasteiger partial charge in [-0.2, -0.15) is 0 Å². The Bertz CT molecular complexity index is 668. The first kappa shape index (κ1) is 16.3. The standard InChI is InChI=1S/C17H21N3O4/c1-2-24-13-8-4-3-7-12(13)18-14(21)11-20-15(22)17(19-16(20)23)9-5-6-10-17/h3-4,7-8H,2,5-6,9-11H2,1H3,(H,18,21)(H,19,23). The number of carbonyl (C=O) groups is 3. The predicted molar refractivity (Wildman–Crippen MR) is 87.7 cm³/mol. The monoisotopic (exact) mass is 331 g/mol. The summed E-state index contributed by atoms with van der Waals surface area (Å²) in [5, 5.41) is 5.47. The van der Waals surface area contributed by atoms with E-state index in [1.54, 1.807) is 18.2 Å². The third-order valence-electron chi connectivity index (χ3n) is 4.47. The second kappa shape index (κ2) is 6.51. The van der Waals surface area contributed by atoms with E-state index in [9.17, 15) is 14.4 Å². The molecule has 0 bridgehead atoms. The van der Waals surface area contributed by atoms with Gasteiger partial charge in [-0.15, -0.1) is 0 Å². The van der Waals surface area contributed by atoms with Crippen LogP contribution in [0.15, 0.2) is 24.3 Å². The summed E-state index contributed by atoms with van der Waals surface area (Å²) in [6, 6.07) is 6.56. The first-order valence-corrected chi connectivity index (χ1v) is 8.21. The number of nitrogens with one attached hydrogen (secondary N) is 2. The van der Waals surface area contributed by atoms with Crippen LogP contribution in [-0.4, -0.2) is 41.4 Å². The molecular weight excluding hydrogens is 310 g/mol. The van der Waals surface area contributed by atoms with Crippen LogP contribution in [0.3, 0.4) is 0 Å². The molecule has 0 radical (unpaired) electrons. The molecule has 1 aliphatic heterocycles. The predicted octanol–water partition coefficient (Wildman–Crippen LogP) is 1.89. The zero-order chi connectivity index (χ0) is 17.2. The van der Waals surface area contributed by atoms with E-state index in [0.29, 0.717) is 30.9 Å². The molecule has 24 heavy (non-hydrogen) atoms. The van der Waals surface area contributed by atoms with Crippen molar-refractivity contribution in [3.05, 3.63) is 24.3 Å². The normalized spacial score (nSPS) is 18.8. The van der Waals surface area contributed by atoms with Gasteiger partial charge in [-0.3, -0.25) is 14.5 Å². The van der Waals surface area contributed by atoms with Crippen LogP contribution in [0.5, 0.6) is 5.75 Å². The molecule has 2 fully saturated rings. The molecule has 0 atom stereocenters. The molecule has 128 valence electrons. The zero-order valence-corrected chi connectivity index (χ0v) is 13.6. The lowest BCUT2D eigenvalue weighted by molar-refractivity contribution is -0.133. The fourth-order valence-electron chi connectivity index (χ4n) is 3.32. The number of amides is 4. The lowest BCUT2D eigenvalue weighted by atomic mass is 9.98. The maximum atomic E-state index is 12.5. The van der Waals surface area contributed by atoms with E-state index in [1.165, 1.54) is 0 Å². The Morgan fingerprint density at radius 2 is 2.00 bits per heavy atom. The molecule has 1 aromatic rings. The zero-order valence-electron chi connectivity index (χ0n) is 13.6. The van der Waals surface area contributed by atoms with Gasteiger partial charge in [-0.25, -0.2) is 4.79 Å². The summed E-state index contributed by atoms with van der Waals surface area (Å²) in [7, 11) is 0.